The van der Waals surface area contributed by atoms with Gasteiger partial charge in [-0.3, -0.25) is 0 Å². The van der Waals surface area contributed by atoms with Crippen molar-refractivity contribution < 1.29 is 39.5 Å². The van der Waals surface area contributed by atoms with E-state index in [1.807, 2.05) is 0 Å². The van der Waals surface area contributed by atoms with Crippen LogP contribution in [0.1, 0.15) is 11.1 Å². The Morgan fingerprint density at radius 2 is 1.78 bits per heavy atom. The zero-order valence-corrected chi connectivity index (χ0v) is 14.3. The van der Waals surface area contributed by atoms with Crippen molar-refractivity contribution in [1.82, 2.24) is 0 Å². The third kappa shape index (κ3) is 5.40. The minimum absolute atomic E-state index is 0.146. The second-order valence-electron chi connectivity index (χ2n) is 5.56. The van der Waals surface area contributed by atoms with Crippen LogP contribution in [0.25, 0.3) is 6.08 Å². The molecule has 27 heavy (non-hydrogen) atoms. The van der Waals surface area contributed by atoms with Crippen LogP contribution in [-0.2, 0) is 20.7 Å². The van der Waals surface area contributed by atoms with Crippen LogP contribution in [0, 0.1) is 0 Å². The van der Waals surface area contributed by atoms with Crippen LogP contribution < -0.4 is 4.74 Å². The molecule has 4 N–H and O–H groups in total. The molecule has 1 atom stereocenters. The number of carboxylic acid groups (broad SMARTS) is 1. The molecule has 0 saturated carbocycles. The van der Waals surface area contributed by atoms with E-state index in [-0.39, 0.29) is 29.4 Å². The van der Waals surface area contributed by atoms with Gasteiger partial charge in [0.2, 0.25) is 6.10 Å². The third-order valence-electron chi connectivity index (χ3n) is 3.61. The van der Waals surface area contributed by atoms with Crippen LogP contribution >= 0.6 is 0 Å². The summed E-state index contributed by atoms with van der Waals surface area (Å²) in [6.45, 7) is 0. The van der Waals surface area contributed by atoms with Gasteiger partial charge in [-0.15, -0.1) is 0 Å². The average molecular weight is 374 g/mol. The van der Waals surface area contributed by atoms with E-state index in [1.165, 1.54) is 43.5 Å². The molecule has 0 fully saturated rings. The molecule has 0 aliphatic heterocycles. The summed E-state index contributed by atoms with van der Waals surface area (Å²) < 4.78 is 9.85. The van der Waals surface area contributed by atoms with E-state index in [0.29, 0.717) is 11.1 Å². The van der Waals surface area contributed by atoms with Crippen LogP contribution in [0.2, 0.25) is 0 Å². The molecule has 0 bridgehead atoms. The number of carboxylic acids is 1. The first-order chi connectivity index (χ1) is 12.8. The van der Waals surface area contributed by atoms with Gasteiger partial charge in [0, 0.05) is 12.5 Å². The largest absolute Gasteiger partial charge is 0.504 e. The van der Waals surface area contributed by atoms with Gasteiger partial charge in [-0.25, -0.2) is 9.59 Å². The molecule has 0 aromatic heterocycles. The number of phenols is 3. The highest BCUT2D eigenvalue weighted by Crippen LogP contribution is 2.27. The summed E-state index contributed by atoms with van der Waals surface area (Å²) in [5.74, 6) is -2.81. The van der Waals surface area contributed by atoms with Crippen molar-refractivity contribution in [3.63, 3.8) is 0 Å². The average Bonchev–Trinajstić information content (AvgIpc) is 2.62. The number of methoxy groups -OCH3 is 1. The van der Waals surface area contributed by atoms with E-state index in [4.69, 9.17) is 9.47 Å². The highest BCUT2D eigenvalue weighted by atomic mass is 16.6. The van der Waals surface area contributed by atoms with E-state index in [1.54, 1.807) is 6.07 Å². The molecule has 2 rings (SSSR count). The molecule has 0 heterocycles. The Morgan fingerprint density at radius 3 is 2.37 bits per heavy atom. The second kappa shape index (κ2) is 8.61. The lowest BCUT2D eigenvalue weighted by Crippen LogP contribution is -2.28. The van der Waals surface area contributed by atoms with Gasteiger partial charge < -0.3 is 29.9 Å². The van der Waals surface area contributed by atoms with Crippen molar-refractivity contribution in [3.05, 3.63) is 53.6 Å². The molecule has 8 heteroatoms. The van der Waals surface area contributed by atoms with Gasteiger partial charge in [0.15, 0.2) is 23.0 Å². The van der Waals surface area contributed by atoms with Crippen LogP contribution in [0.4, 0.5) is 0 Å². The molecule has 0 aliphatic carbocycles. The maximum atomic E-state index is 11.9. The van der Waals surface area contributed by atoms with Crippen molar-refractivity contribution >= 4 is 18.0 Å². The van der Waals surface area contributed by atoms with Crippen molar-refractivity contribution in [3.8, 4) is 23.0 Å². The zero-order chi connectivity index (χ0) is 20.0. The molecule has 8 nitrogen and oxygen atoms in total. The Hall–Kier alpha value is -3.68. The number of hydrogen-bond acceptors (Lipinski definition) is 7. The molecule has 0 aliphatic rings. The summed E-state index contributed by atoms with van der Waals surface area (Å²) in [6, 6.07) is 8.29. The summed E-state index contributed by atoms with van der Waals surface area (Å²) in [4.78, 5) is 23.2. The van der Waals surface area contributed by atoms with Crippen molar-refractivity contribution in [2.24, 2.45) is 0 Å². The molecule has 0 spiro atoms. The van der Waals surface area contributed by atoms with Gasteiger partial charge in [0.1, 0.15) is 0 Å². The number of aromatic hydroxyl groups is 3. The summed E-state index contributed by atoms with van der Waals surface area (Å²) in [5, 5.41) is 37.6. The van der Waals surface area contributed by atoms with Crippen LogP contribution in [0.3, 0.4) is 0 Å². The number of carbonyl (C=O) groups is 2. The van der Waals surface area contributed by atoms with E-state index < -0.39 is 18.0 Å². The minimum atomic E-state index is -1.46. The molecular weight excluding hydrogens is 356 g/mol. The van der Waals surface area contributed by atoms with Gasteiger partial charge in [0.05, 0.1) is 7.11 Å². The van der Waals surface area contributed by atoms with E-state index in [0.717, 1.165) is 6.08 Å². The quantitative estimate of drug-likeness (QED) is 0.329. The highest BCUT2D eigenvalue weighted by Gasteiger charge is 2.22. The fraction of sp³-hybridized carbons (Fsp3) is 0.158. The molecule has 2 aromatic carbocycles. The van der Waals surface area contributed by atoms with E-state index >= 15 is 0 Å². The first-order valence-corrected chi connectivity index (χ1v) is 7.79. The maximum absolute atomic E-state index is 11.9. The number of carbonyl (C=O) groups excluding carboxylic acids is 1. The normalized spacial score (nSPS) is 11.9. The number of rotatable bonds is 7. The first-order valence-electron chi connectivity index (χ1n) is 7.79. The number of hydrogen-bond donors (Lipinski definition) is 4. The fourth-order valence-corrected chi connectivity index (χ4v) is 2.24. The van der Waals surface area contributed by atoms with Crippen LogP contribution in [-0.4, -0.2) is 45.6 Å². The molecule has 2 aromatic rings. The maximum Gasteiger partial charge on any atom is 0.345 e. The Labute approximate surface area is 154 Å². The Balaban J connectivity index is 2.05. The number of aliphatic carboxylic acids is 1. The van der Waals surface area contributed by atoms with Crippen molar-refractivity contribution in [2.45, 2.75) is 12.5 Å². The van der Waals surface area contributed by atoms with Crippen LogP contribution in [0.5, 0.6) is 23.0 Å². The molecule has 0 amide bonds. The minimum Gasteiger partial charge on any atom is -0.504 e. The first kappa shape index (κ1) is 19.6. The van der Waals surface area contributed by atoms with Gasteiger partial charge >= 0.3 is 11.9 Å². The summed E-state index contributed by atoms with van der Waals surface area (Å²) in [6.07, 6.45) is 0.711. The Morgan fingerprint density at radius 1 is 1.04 bits per heavy atom. The molecule has 142 valence electrons. The summed E-state index contributed by atoms with van der Waals surface area (Å²) in [7, 11) is 1.39. The lowest BCUT2D eigenvalue weighted by Gasteiger charge is -2.13. The number of benzene rings is 2. The lowest BCUT2D eigenvalue weighted by atomic mass is 10.1. The molecule has 0 saturated heterocycles. The van der Waals surface area contributed by atoms with Crippen molar-refractivity contribution in [2.75, 3.05) is 7.11 Å². The predicted octanol–water partition coefficient (Wildman–Crippen LogP) is 2.06. The predicted molar refractivity (Wildman–Crippen MR) is 94.7 cm³/mol. The van der Waals surface area contributed by atoms with Gasteiger partial charge in [-0.05, 0) is 41.5 Å². The highest BCUT2D eigenvalue weighted by molar-refractivity contribution is 5.89. The topological polar surface area (TPSA) is 134 Å². The lowest BCUT2D eigenvalue weighted by molar-refractivity contribution is -0.160. The molecule has 1 unspecified atom stereocenters. The summed E-state index contributed by atoms with van der Waals surface area (Å²) >= 11 is 0. The monoisotopic (exact) mass is 374 g/mol. The summed E-state index contributed by atoms with van der Waals surface area (Å²) in [5.41, 5.74) is 0.857. The second-order valence-corrected chi connectivity index (χ2v) is 5.56. The van der Waals surface area contributed by atoms with Crippen LogP contribution in [0.15, 0.2) is 42.5 Å². The number of phenolic OH excluding ortho intramolecular Hbond substituents is 3. The van der Waals surface area contributed by atoms with Gasteiger partial charge in [-0.1, -0.05) is 12.1 Å². The Bertz CT molecular complexity index is 872. The number of ether oxygens (including phenoxy) is 2. The van der Waals surface area contributed by atoms with Gasteiger partial charge in [-0.2, -0.15) is 0 Å². The zero-order valence-electron chi connectivity index (χ0n) is 14.3. The van der Waals surface area contributed by atoms with E-state index in [9.17, 15) is 30.0 Å². The molecular formula is C19H18O8. The number of esters is 1. The Kier molecular flexibility index (Phi) is 6.27. The van der Waals surface area contributed by atoms with Gasteiger partial charge in [0.25, 0.3) is 0 Å². The third-order valence-corrected chi connectivity index (χ3v) is 3.61. The standard InChI is InChI=1S/C19H18O8/c1-26-16-6-3-12(9-15(16)22)10-17(19(24)25)27-18(23)7-4-11-2-5-13(20)14(21)8-11/h2-9,17,20-22H,10H2,1H3,(H,24,25). The SMILES string of the molecule is COc1ccc(CC(OC(=O)C=Cc2ccc(O)c(O)c2)C(=O)O)cc1O. The van der Waals surface area contributed by atoms with E-state index in [2.05, 4.69) is 0 Å². The molecule has 0 radical (unpaired) electrons. The van der Waals surface area contributed by atoms with Crippen molar-refractivity contribution in [1.29, 1.82) is 0 Å². The fourth-order valence-electron chi connectivity index (χ4n) is 2.24. The smallest absolute Gasteiger partial charge is 0.345 e.